The zero-order valence-corrected chi connectivity index (χ0v) is 11.5. The molecule has 0 fully saturated rings. The van der Waals surface area contributed by atoms with Crippen LogP contribution in [0, 0.1) is 0 Å². The van der Waals surface area contributed by atoms with E-state index in [1.165, 1.54) is 44.9 Å². The second-order valence-electron chi connectivity index (χ2n) is 3.60. The Balaban J connectivity index is 0. The van der Waals surface area contributed by atoms with E-state index in [0.29, 0.717) is 4.83 Å². The summed E-state index contributed by atoms with van der Waals surface area (Å²) in [6.45, 7) is 8.80. The van der Waals surface area contributed by atoms with Crippen molar-refractivity contribution in [3.63, 3.8) is 0 Å². The van der Waals surface area contributed by atoms with Gasteiger partial charge in [0.1, 0.15) is 0 Å². The minimum atomic E-state index is 0.697. The molecule has 0 rings (SSSR count). The number of hydrogen-bond donors (Lipinski definition) is 0. The molecule has 1 atom stereocenters. The third-order valence-corrected chi connectivity index (χ3v) is 2.67. The van der Waals surface area contributed by atoms with Crippen LogP contribution in [0.3, 0.4) is 0 Å². The molecule has 0 aromatic rings. The highest BCUT2D eigenvalue weighted by atomic mass is 79.9. The van der Waals surface area contributed by atoms with Crippen LogP contribution in [-0.2, 0) is 0 Å². The highest BCUT2D eigenvalue weighted by Gasteiger charge is 1.83. The van der Waals surface area contributed by atoms with Crippen LogP contribution in [0.2, 0.25) is 0 Å². The van der Waals surface area contributed by atoms with Crippen molar-refractivity contribution in [1.82, 2.24) is 0 Å². The number of unbranched alkanes of at least 4 members (excludes halogenated alkanes) is 5. The first-order valence-electron chi connectivity index (χ1n) is 5.83. The number of alkyl halides is 1. The molecule has 82 valence electrons. The maximum atomic E-state index is 3.37. The van der Waals surface area contributed by atoms with Gasteiger partial charge in [-0.15, -0.1) is 0 Å². The highest BCUT2D eigenvalue weighted by Crippen LogP contribution is 2.03. The molecule has 0 spiro atoms. The van der Waals surface area contributed by atoms with Crippen molar-refractivity contribution in [2.45, 2.75) is 77.5 Å². The number of rotatable bonds is 6. The quantitative estimate of drug-likeness (QED) is 0.429. The monoisotopic (exact) mass is 250 g/mol. The van der Waals surface area contributed by atoms with Crippen LogP contribution in [0.25, 0.3) is 0 Å². The van der Waals surface area contributed by atoms with Gasteiger partial charge < -0.3 is 0 Å². The number of halogens is 1. The summed E-state index contributed by atoms with van der Waals surface area (Å²) in [5.41, 5.74) is 0. The van der Waals surface area contributed by atoms with Crippen LogP contribution < -0.4 is 0 Å². The third-order valence-electron chi connectivity index (χ3n) is 2.02. The van der Waals surface area contributed by atoms with E-state index in [9.17, 15) is 0 Å². The Labute approximate surface area is 93.6 Å². The summed E-state index contributed by atoms with van der Waals surface area (Å²) in [5.74, 6) is 0. The van der Waals surface area contributed by atoms with Crippen molar-refractivity contribution >= 4 is 15.9 Å². The molecule has 0 saturated heterocycles. The SMILES string of the molecule is CCC(C)Br.CCCCCCCC. The summed E-state index contributed by atoms with van der Waals surface area (Å²) in [4.78, 5) is 0.697. The Morgan fingerprint density at radius 1 is 0.846 bits per heavy atom. The second kappa shape index (κ2) is 15.0. The molecule has 0 aromatic carbocycles. The molecule has 0 saturated carbocycles. The summed E-state index contributed by atoms with van der Waals surface area (Å²) >= 11 is 3.37. The average Bonchev–Trinajstić information content (AvgIpc) is 2.14. The Morgan fingerprint density at radius 3 is 1.31 bits per heavy atom. The van der Waals surface area contributed by atoms with Crippen LogP contribution in [0.1, 0.15) is 72.6 Å². The van der Waals surface area contributed by atoms with Gasteiger partial charge in [-0.3, -0.25) is 0 Å². The fraction of sp³-hybridized carbons (Fsp3) is 1.00. The van der Waals surface area contributed by atoms with Gasteiger partial charge >= 0.3 is 0 Å². The molecular formula is C12H27Br. The van der Waals surface area contributed by atoms with Crippen LogP contribution in [0.15, 0.2) is 0 Å². The predicted octanol–water partition coefficient (Wildman–Crippen LogP) is 5.55. The van der Waals surface area contributed by atoms with Crippen LogP contribution in [-0.4, -0.2) is 4.83 Å². The van der Waals surface area contributed by atoms with Gasteiger partial charge in [-0.2, -0.15) is 0 Å². The first kappa shape index (κ1) is 15.9. The standard InChI is InChI=1S/C8H18.C4H9Br/c1-3-5-7-8-6-4-2;1-3-4(2)5/h3-8H2,1-2H3;4H,3H2,1-2H3. The lowest BCUT2D eigenvalue weighted by Crippen LogP contribution is -1.80. The first-order chi connectivity index (χ1) is 6.18. The molecular weight excluding hydrogens is 224 g/mol. The first-order valence-corrected chi connectivity index (χ1v) is 6.74. The Hall–Kier alpha value is 0.480. The van der Waals surface area contributed by atoms with Gasteiger partial charge in [0.2, 0.25) is 0 Å². The lowest BCUT2D eigenvalue weighted by atomic mass is 10.1. The summed E-state index contributed by atoms with van der Waals surface area (Å²) in [6, 6.07) is 0. The zero-order chi connectivity index (χ0) is 10.5. The average molecular weight is 251 g/mol. The highest BCUT2D eigenvalue weighted by molar-refractivity contribution is 9.09. The van der Waals surface area contributed by atoms with Gasteiger partial charge in [0.25, 0.3) is 0 Å². The van der Waals surface area contributed by atoms with E-state index in [2.05, 4.69) is 43.6 Å². The molecule has 1 unspecified atom stereocenters. The fourth-order valence-corrected chi connectivity index (χ4v) is 0.854. The molecule has 0 bridgehead atoms. The zero-order valence-electron chi connectivity index (χ0n) is 9.91. The van der Waals surface area contributed by atoms with Crippen LogP contribution >= 0.6 is 15.9 Å². The van der Waals surface area contributed by atoms with Gasteiger partial charge in [0.15, 0.2) is 0 Å². The molecule has 0 radical (unpaired) electrons. The minimum Gasteiger partial charge on any atom is -0.0894 e. The third kappa shape index (κ3) is 24.5. The summed E-state index contributed by atoms with van der Waals surface area (Å²) in [7, 11) is 0. The fourth-order valence-electron chi connectivity index (χ4n) is 0.854. The molecule has 0 nitrogen and oxygen atoms in total. The molecule has 13 heavy (non-hydrogen) atoms. The van der Waals surface area contributed by atoms with E-state index in [1.54, 1.807) is 0 Å². The predicted molar refractivity (Wildman–Crippen MR) is 67.7 cm³/mol. The molecule has 0 amide bonds. The summed E-state index contributed by atoms with van der Waals surface area (Å²) in [5, 5.41) is 0. The van der Waals surface area contributed by atoms with E-state index >= 15 is 0 Å². The molecule has 0 aliphatic heterocycles. The minimum absolute atomic E-state index is 0.697. The maximum Gasteiger partial charge on any atom is 0.0114 e. The van der Waals surface area contributed by atoms with Gasteiger partial charge in [-0.1, -0.05) is 82.1 Å². The molecule has 0 aliphatic carbocycles. The van der Waals surface area contributed by atoms with E-state index in [1.807, 2.05) is 0 Å². The van der Waals surface area contributed by atoms with Gasteiger partial charge in [0.05, 0.1) is 0 Å². The topological polar surface area (TPSA) is 0 Å². The molecule has 0 aromatic heterocycles. The smallest absolute Gasteiger partial charge is 0.0114 e. The van der Waals surface area contributed by atoms with E-state index in [4.69, 9.17) is 0 Å². The van der Waals surface area contributed by atoms with Crippen LogP contribution in [0.5, 0.6) is 0 Å². The van der Waals surface area contributed by atoms with Crippen molar-refractivity contribution in [3.8, 4) is 0 Å². The molecule has 0 aliphatic rings. The van der Waals surface area contributed by atoms with Crippen molar-refractivity contribution in [1.29, 1.82) is 0 Å². The van der Waals surface area contributed by atoms with E-state index in [0.717, 1.165) is 0 Å². The normalized spacial score (nSPS) is 11.8. The van der Waals surface area contributed by atoms with Gasteiger partial charge in [-0.05, 0) is 6.42 Å². The summed E-state index contributed by atoms with van der Waals surface area (Å²) < 4.78 is 0. The van der Waals surface area contributed by atoms with Crippen LogP contribution in [0.4, 0.5) is 0 Å². The van der Waals surface area contributed by atoms with Crippen molar-refractivity contribution in [3.05, 3.63) is 0 Å². The molecule has 1 heteroatoms. The maximum absolute atomic E-state index is 3.37. The Morgan fingerprint density at radius 2 is 1.15 bits per heavy atom. The summed E-state index contributed by atoms with van der Waals surface area (Å²) in [6.07, 6.45) is 9.71. The van der Waals surface area contributed by atoms with Crippen molar-refractivity contribution in [2.75, 3.05) is 0 Å². The lowest BCUT2D eigenvalue weighted by Gasteiger charge is -1.93. The molecule has 0 N–H and O–H groups in total. The largest absolute Gasteiger partial charge is 0.0894 e. The van der Waals surface area contributed by atoms with Gasteiger partial charge in [-0.25, -0.2) is 0 Å². The lowest BCUT2D eigenvalue weighted by molar-refractivity contribution is 0.624. The number of hydrogen-bond acceptors (Lipinski definition) is 0. The van der Waals surface area contributed by atoms with E-state index in [-0.39, 0.29) is 0 Å². The Bertz CT molecular complexity index is 63.5. The van der Waals surface area contributed by atoms with Gasteiger partial charge in [0, 0.05) is 4.83 Å². The molecule has 0 heterocycles. The van der Waals surface area contributed by atoms with Crippen molar-refractivity contribution < 1.29 is 0 Å². The van der Waals surface area contributed by atoms with E-state index < -0.39 is 0 Å². The van der Waals surface area contributed by atoms with Crippen molar-refractivity contribution in [2.24, 2.45) is 0 Å². The second-order valence-corrected chi connectivity index (χ2v) is 5.17. The Kier molecular flexibility index (Phi) is 18.4.